The van der Waals surface area contributed by atoms with Gasteiger partial charge in [-0.3, -0.25) is 5.43 Å². The highest BCUT2D eigenvalue weighted by atomic mass is 32.2. The monoisotopic (exact) mass is 355 g/mol. The van der Waals surface area contributed by atoms with Crippen LogP contribution >= 0.6 is 0 Å². The summed E-state index contributed by atoms with van der Waals surface area (Å²) < 4.78 is 63.3. The maximum absolute atomic E-state index is 12.8. The van der Waals surface area contributed by atoms with Gasteiger partial charge in [0.1, 0.15) is 13.0 Å². The Kier molecular flexibility index (Phi) is 3.96. The van der Waals surface area contributed by atoms with E-state index in [4.69, 9.17) is 0 Å². The Hall–Kier alpha value is -2.55. The third kappa shape index (κ3) is 3.07. The van der Waals surface area contributed by atoms with Gasteiger partial charge in [-0.1, -0.05) is 6.07 Å². The number of rotatable bonds is 3. The molecular weight excluding hydrogens is 343 g/mol. The molecule has 1 heterocycles. The van der Waals surface area contributed by atoms with E-state index in [0.717, 1.165) is 18.2 Å². The molecule has 0 spiro atoms. The molecule has 0 aromatic heterocycles. The molecule has 0 bridgehead atoms. The van der Waals surface area contributed by atoms with Crippen molar-refractivity contribution in [3.8, 4) is 0 Å². The van der Waals surface area contributed by atoms with Gasteiger partial charge in [-0.25, -0.2) is 8.42 Å². The summed E-state index contributed by atoms with van der Waals surface area (Å²) in [4.78, 5) is 1.28. The highest BCUT2D eigenvalue weighted by molar-refractivity contribution is 7.91. The topological polar surface area (TPSA) is 61.8 Å². The van der Waals surface area contributed by atoms with Crippen molar-refractivity contribution in [1.29, 1.82) is 0 Å². The summed E-state index contributed by atoms with van der Waals surface area (Å²) in [6, 6.07) is 9.56. The average molecular weight is 355 g/mol. The summed E-state index contributed by atoms with van der Waals surface area (Å²) >= 11 is 0. The summed E-state index contributed by atoms with van der Waals surface area (Å²) in [5, 5.41) is 3.82. The number of halogens is 3. The van der Waals surface area contributed by atoms with Crippen LogP contribution in [0.2, 0.25) is 0 Å². The molecule has 0 fully saturated rings. The Bertz CT molecular complexity index is 878. The predicted octanol–water partition coefficient (Wildman–Crippen LogP) is 2.85. The zero-order valence-corrected chi connectivity index (χ0v) is 13.0. The van der Waals surface area contributed by atoms with Gasteiger partial charge in [0.15, 0.2) is 0 Å². The number of nitrogens with zero attached hydrogens (tertiary/aromatic N) is 2. The second kappa shape index (κ2) is 5.82. The lowest BCUT2D eigenvalue weighted by Crippen LogP contribution is -2.22. The Morgan fingerprint density at radius 1 is 1.04 bits per heavy atom. The average Bonchev–Trinajstić information content (AvgIpc) is 3.09. The van der Waals surface area contributed by atoms with Crippen LogP contribution in [0.3, 0.4) is 0 Å². The maximum atomic E-state index is 12.8. The first-order chi connectivity index (χ1) is 11.3. The number of anilines is 1. The second-order valence-corrected chi connectivity index (χ2v) is 7.00. The quantitative estimate of drug-likeness (QED) is 0.920. The van der Waals surface area contributed by atoms with Crippen molar-refractivity contribution in [2.24, 2.45) is 5.10 Å². The van der Waals surface area contributed by atoms with Crippen LogP contribution in [0.1, 0.15) is 5.56 Å². The highest BCUT2D eigenvalue weighted by Gasteiger charge is 2.32. The summed E-state index contributed by atoms with van der Waals surface area (Å²) in [5.74, 6) is 0. The minimum absolute atomic E-state index is 0.0744. The largest absolute Gasteiger partial charge is 0.416 e. The minimum atomic E-state index is -4.60. The van der Waals surface area contributed by atoms with Gasteiger partial charge >= 0.3 is 6.18 Å². The van der Waals surface area contributed by atoms with Gasteiger partial charge in [0.05, 0.1) is 15.4 Å². The number of hydrazone groups is 1. The molecule has 0 saturated heterocycles. The fraction of sp³-hybridized carbons (Fsp3) is 0.133. The fourth-order valence-electron chi connectivity index (χ4n) is 2.22. The molecule has 0 radical (unpaired) electrons. The molecule has 1 aliphatic rings. The zero-order valence-electron chi connectivity index (χ0n) is 12.2. The normalized spacial score (nSPS) is 14.7. The number of nitrogens with one attached hydrogen (secondary N) is 1. The third-order valence-corrected chi connectivity index (χ3v) is 5.25. The summed E-state index contributed by atoms with van der Waals surface area (Å²) in [6.07, 6.45) is -3.05. The lowest BCUT2D eigenvalue weighted by molar-refractivity contribution is -0.137. The molecule has 2 aromatic carbocycles. The predicted molar refractivity (Wildman–Crippen MR) is 82.3 cm³/mol. The molecule has 1 N–H and O–H groups in total. The zero-order chi connectivity index (χ0) is 17.4. The van der Waals surface area contributed by atoms with Gasteiger partial charge < -0.3 is 4.90 Å². The Morgan fingerprint density at radius 2 is 1.75 bits per heavy atom. The third-order valence-electron chi connectivity index (χ3n) is 3.48. The van der Waals surface area contributed by atoms with E-state index in [2.05, 4.69) is 10.5 Å². The van der Waals surface area contributed by atoms with Crippen molar-refractivity contribution >= 4 is 21.9 Å². The lowest BCUT2D eigenvalue weighted by Gasteiger charge is -2.14. The van der Waals surface area contributed by atoms with Crippen molar-refractivity contribution in [2.75, 3.05) is 11.6 Å². The summed E-state index contributed by atoms with van der Waals surface area (Å²) in [7, 11) is -4.03. The van der Waals surface area contributed by atoms with E-state index in [1.165, 1.54) is 12.1 Å². The van der Waals surface area contributed by atoms with Crippen molar-refractivity contribution < 1.29 is 21.6 Å². The molecular formula is C15H12F3N3O2S. The number of hydrogen-bond donors (Lipinski definition) is 1. The van der Waals surface area contributed by atoms with Crippen LogP contribution in [0.25, 0.3) is 0 Å². The first-order valence-corrected chi connectivity index (χ1v) is 8.32. The molecule has 126 valence electrons. The smallest absolute Gasteiger partial charge is 0.311 e. The molecule has 3 rings (SSSR count). The van der Waals surface area contributed by atoms with Crippen molar-refractivity contribution in [1.82, 2.24) is 5.43 Å². The van der Waals surface area contributed by atoms with E-state index in [9.17, 15) is 21.6 Å². The Balaban J connectivity index is 1.94. The molecule has 1 aliphatic heterocycles. The van der Waals surface area contributed by atoms with E-state index in [1.807, 2.05) is 0 Å². The van der Waals surface area contributed by atoms with E-state index >= 15 is 0 Å². The first-order valence-electron chi connectivity index (χ1n) is 6.83. The summed E-state index contributed by atoms with van der Waals surface area (Å²) in [5.41, 5.74) is 2.45. The van der Waals surface area contributed by atoms with E-state index < -0.39 is 26.5 Å². The SMILES string of the molecule is O=S(=O)(c1ccc(N2C=NNC2)cc1)c1cccc(C(F)(F)F)c1. The lowest BCUT2D eigenvalue weighted by atomic mass is 10.2. The Morgan fingerprint density at radius 3 is 2.33 bits per heavy atom. The van der Waals surface area contributed by atoms with Crippen LogP contribution in [0.4, 0.5) is 18.9 Å². The van der Waals surface area contributed by atoms with Crippen molar-refractivity contribution in [3.63, 3.8) is 0 Å². The molecule has 0 aliphatic carbocycles. The summed E-state index contributed by atoms with van der Waals surface area (Å²) in [6.45, 7) is 0.458. The maximum Gasteiger partial charge on any atom is 0.416 e. The molecule has 0 atom stereocenters. The van der Waals surface area contributed by atoms with E-state index in [-0.39, 0.29) is 4.90 Å². The highest BCUT2D eigenvalue weighted by Crippen LogP contribution is 2.32. The minimum Gasteiger partial charge on any atom is -0.311 e. The first kappa shape index (κ1) is 16.3. The van der Waals surface area contributed by atoms with Gasteiger partial charge in [-0.15, -0.1) is 0 Å². The number of sulfone groups is 1. The van der Waals surface area contributed by atoms with Crippen LogP contribution in [-0.2, 0) is 16.0 Å². The Labute approximate surface area is 136 Å². The number of alkyl halides is 3. The van der Waals surface area contributed by atoms with Crippen LogP contribution < -0.4 is 10.3 Å². The molecule has 0 unspecified atom stereocenters. The number of hydrogen-bond acceptors (Lipinski definition) is 5. The van der Waals surface area contributed by atoms with E-state index in [0.29, 0.717) is 18.4 Å². The second-order valence-electron chi connectivity index (χ2n) is 5.05. The van der Waals surface area contributed by atoms with Gasteiger partial charge in [0.25, 0.3) is 0 Å². The van der Waals surface area contributed by atoms with Crippen LogP contribution in [0.5, 0.6) is 0 Å². The van der Waals surface area contributed by atoms with Crippen molar-refractivity contribution in [2.45, 2.75) is 16.0 Å². The molecule has 5 nitrogen and oxygen atoms in total. The molecule has 9 heteroatoms. The van der Waals surface area contributed by atoms with E-state index in [1.54, 1.807) is 23.4 Å². The van der Waals surface area contributed by atoms with Crippen LogP contribution in [-0.4, -0.2) is 21.4 Å². The standard InChI is InChI=1S/C15H12F3N3O2S/c16-15(17,18)11-2-1-3-14(8-11)24(22,23)13-6-4-12(5-7-13)21-9-19-20-10-21/h1-9,20H,10H2. The van der Waals surface area contributed by atoms with Gasteiger partial charge in [-0.05, 0) is 42.5 Å². The van der Waals surface area contributed by atoms with Crippen LogP contribution in [0.15, 0.2) is 63.4 Å². The number of benzene rings is 2. The van der Waals surface area contributed by atoms with Crippen molar-refractivity contribution in [3.05, 3.63) is 54.1 Å². The van der Waals surface area contributed by atoms with Crippen LogP contribution in [0, 0.1) is 0 Å². The molecule has 0 saturated carbocycles. The molecule has 2 aromatic rings. The molecule has 0 amide bonds. The fourth-order valence-corrected chi connectivity index (χ4v) is 3.53. The van der Waals surface area contributed by atoms with Gasteiger partial charge in [0.2, 0.25) is 9.84 Å². The van der Waals surface area contributed by atoms with Gasteiger partial charge in [-0.2, -0.15) is 18.3 Å². The van der Waals surface area contributed by atoms with Gasteiger partial charge in [0, 0.05) is 5.69 Å². The molecule has 24 heavy (non-hydrogen) atoms.